The second kappa shape index (κ2) is 4.92. The third-order valence-electron chi connectivity index (χ3n) is 2.87. The van der Waals surface area contributed by atoms with Gasteiger partial charge in [-0.3, -0.25) is 0 Å². The molecule has 0 aliphatic heterocycles. The summed E-state index contributed by atoms with van der Waals surface area (Å²) >= 11 is 5.80. The molecule has 0 aromatic heterocycles. The van der Waals surface area contributed by atoms with Crippen LogP contribution >= 0.6 is 11.6 Å². The fourth-order valence-electron chi connectivity index (χ4n) is 1.79. The monoisotopic (exact) mass is 277 g/mol. The molecule has 0 bridgehead atoms. The molecule has 17 heavy (non-hydrogen) atoms. The first-order valence-electron chi connectivity index (χ1n) is 5.37. The maximum absolute atomic E-state index is 13.3. The molecule has 6 heteroatoms. The zero-order valence-electron chi connectivity index (χ0n) is 9.07. The Hall–Kier alpha value is -0.650. The van der Waals surface area contributed by atoms with E-state index in [9.17, 15) is 12.8 Å². The van der Waals surface area contributed by atoms with Crippen LogP contribution in [0.3, 0.4) is 0 Å². The molecular formula is C11H13ClFNO2S. The second-order valence-electron chi connectivity index (χ2n) is 4.22. The quantitative estimate of drug-likeness (QED) is 0.857. The van der Waals surface area contributed by atoms with Gasteiger partial charge in [0, 0.05) is 11.9 Å². The number of hydrogen-bond acceptors (Lipinski definition) is 2. The van der Waals surface area contributed by atoms with Crippen LogP contribution in [-0.2, 0) is 10.0 Å². The summed E-state index contributed by atoms with van der Waals surface area (Å²) in [6, 6.07) is 5.34. The molecule has 0 saturated heterocycles. The van der Waals surface area contributed by atoms with E-state index in [1.165, 1.54) is 18.2 Å². The highest BCUT2D eigenvalue weighted by Crippen LogP contribution is 2.31. The van der Waals surface area contributed by atoms with Crippen LogP contribution in [0.4, 0.5) is 4.39 Å². The summed E-state index contributed by atoms with van der Waals surface area (Å²) in [5.74, 6) is -0.470. The van der Waals surface area contributed by atoms with Gasteiger partial charge >= 0.3 is 0 Å². The molecule has 0 spiro atoms. The molecule has 3 nitrogen and oxygen atoms in total. The number of alkyl halides is 1. The van der Waals surface area contributed by atoms with Gasteiger partial charge in [0.25, 0.3) is 0 Å². The van der Waals surface area contributed by atoms with Crippen LogP contribution in [0.15, 0.2) is 29.2 Å². The van der Waals surface area contributed by atoms with Gasteiger partial charge in [0.15, 0.2) is 0 Å². The molecule has 0 amide bonds. The number of benzene rings is 1. The molecule has 1 N–H and O–H groups in total. The van der Waals surface area contributed by atoms with Crippen molar-refractivity contribution in [2.24, 2.45) is 5.92 Å². The van der Waals surface area contributed by atoms with Crippen LogP contribution < -0.4 is 4.72 Å². The van der Waals surface area contributed by atoms with Gasteiger partial charge in [-0.25, -0.2) is 17.5 Å². The first kappa shape index (κ1) is 12.8. The molecule has 0 radical (unpaired) electrons. The normalized spacial score (nSPS) is 24.4. The topological polar surface area (TPSA) is 46.2 Å². The van der Waals surface area contributed by atoms with Gasteiger partial charge in [0.05, 0.1) is 0 Å². The van der Waals surface area contributed by atoms with Crippen molar-refractivity contribution in [1.29, 1.82) is 0 Å². The van der Waals surface area contributed by atoms with Gasteiger partial charge in [-0.1, -0.05) is 12.1 Å². The van der Waals surface area contributed by atoms with Gasteiger partial charge in [-0.15, -0.1) is 11.6 Å². The smallest absolute Gasteiger partial charge is 0.211 e. The van der Waals surface area contributed by atoms with Crippen molar-refractivity contribution in [1.82, 2.24) is 4.72 Å². The van der Waals surface area contributed by atoms with Gasteiger partial charge in [-0.2, -0.15) is 0 Å². The average molecular weight is 278 g/mol. The van der Waals surface area contributed by atoms with Crippen molar-refractivity contribution < 1.29 is 12.8 Å². The van der Waals surface area contributed by atoms with Crippen LogP contribution in [-0.4, -0.2) is 20.3 Å². The molecule has 0 unspecified atom stereocenters. The third-order valence-corrected chi connectivity index (χ3v) is 4.68. The minimum atomic E-state index is -3.75. The van der Waals surface area contributed by atoms with E-state index >= 15 is 0 Å². The molecule has 1 fully saturated rings. The molecular weight excluding hydrogens is 265 g/mol. The summed E-state index contributed by atoms with van der Waals surface area (Å²) in [6.07, 6.45) is 1.61. The Bertz CT molecular complexity index is 500. The van der Waals surface area contributed by atoms with Gasteiger partial charge in [-0.05, 0) is 30.9 Å². The van der Waals surface area contributed by atoms with E-state index in [2.05, 4.69) is 4.72 Å². The van der Waals surface area contributed by atoms with Crippen molar-refractivity contribution >= 4 is 21.6 Å². The van der Waals surface area contributed by atoms with Crippen LogP contribution in [0.25, 0.3) is 0 Å². The van der Waals surface area contributed by atoms with Crippen LogP contribution in [0.1, 0.15) is 12.8 Å². The molecule has 1 aliphatic rings. The molecule has 0 atom stereocenters. The van der Waals surface area contributed by atoms with Crippen molar-refractivity contribution in [3.05, 3.63) is 30.1 Å². The summed E-state index contributed by atoms with van der Waals surface area (Å²) in [7, 11) is -3.75. The lowest BCUT2D eigenvalue weighted by Crippen LogP contribution is -2.36. The lowest BCUT2D eigenvalue weighted by molar-refractivity contribution is 0.323. The van der Waals surface area contributed by atoms with Crippen molar-refractivity contribution in [2.45, 2.75) is 23.1 Å². The Kier molecular flexibility index (Phi) is 3.70. The fraction of sp³-hybridized carbons (Fsp3) is 0.455. The van der Waals surface area contributed by atoms with Gasteiger partial charge in [0.2, 0.25) is 10.0 Å². The Balaban J connectivity index is 2.02. The predicted molar refractivity (Wildman–Crippen MR) is 64.0 cm³/mol. The molecule has 94 valence electrons. The Labute approximate surface area is 105 Å². The first-order chi connectivity index (χ1) is 7.99. The Morgan fingerprint density at radius 2 is 2.00 bits per heavy atom. The zero-order valence-corrected chi connectivity index (χ0v) is 10.6. The van der Waals surface area contributed by atoms with Crippen molar-refractivity contribution in [3.8, 4) is 0 Å². The number of hydrogen-bond donors (Lipinski definition) is 1. The standard InChI is InChI=1S/C11H13ClFNO2S/c12-9-5-8(6-9)7-14-17(15,16)11-4-2-1-3-10(11)13/h1-4,8-9,14H,5-7H2. The van der Waals surface area contributed by atoms with E-state index in [1.807, 2.05) is 0 Å². The van der Waals surface area contributed by atoms with Crippen molar-refractivity contribution in [3.63, 3.8) is 0 Å². The largest absolute Gasteiger partial charge is 0.243 e. The van der Waals surface area contributed by atoms with Crippen molar-refractivity contribution in [2.75, 3.05) is 6.54 Å². The molecule has 1 aromatic carbocycles. The third kappa shape index (κ3) is 2.97. The second-order valence-corrected chi connectivity index (χ2v) is 6.57. The summed E-state index contributed by atoms with van der Waals surface area (Å²) < 4.78 is 39.3. The van der Waals surface area contributed by atoms with E-state index in [1.54, 1.807) is 0 Å². The van der Waals surface area contributed by atoms with E-state index in [0.717, 1.165) is 18.9 Å². The van der Waals surface area contributed by atoms with Gasteiger partial charge in [0.1, 0.15) is 10.7 Å². The zero-order chi connectivity index (χ0) is 12.5. The highest BCUT2D eigenvalue weighted by atomic mass is 35.5. The maximum Gasteiger partial charge on any atom is 0.243 e. The Morgan fingerprint density at radius 3 is 2.59 bits per heavy atom. The predicted octanol–water partition coefficient (Wildman–Crippen LogP) is 2.12. The highest BCUT2D eigenvalue weighted by Gasteiger charge is 2.29. The summed E-state index contributed by atoms with van der Waals surface area (Å²) in [5, 5.41) is 0.151. The van der Waals surface area contributed by atoms with Crippen LogP contribution in [0, 0.1) is 11.7 Å². The molecule has 2 rings (SSSR count). The van der Waals surface area contributed by atoms with E-state index in [4.69, 9.17) is 11.6 Å². The summed E-state index contributed by atoms with van der Waals surface area (Å²) in [4.78, 5) is -0.304. The minimum absolute atomic E-state index is 0.151. The van der Waals surface area contributed by atoms with Gasteiger partial charge < -0.3 is 0 Å². The van der Waals surface area contributed by atoms with E-state index in [0.29, 0.717) is 6.54 Å². The number of rotatable bonds is 4. The SMILES string of the molecule is O=S(=O)(NCC1CC(Cl)C1)c1ccccc1F. The molecule has 1 saturated carbocycles. The van der Waals surface area contributed by atoms with E-state index in [-0.39, 0.29) is 16.2 Å². The number of sulfonamides is 1. The summed E-state index contributed by atoms with van der Waals surface area (Å²) in [5.41, 5.74) is 0. The minimum Gasteiger partial charge on any atom is -0.211 e. The molecule has 1 aromatic rings. The molecule has 1 aliphatic carbocycles. The number of nitrogens with one attached hydrogen (secondary N) is 1. The van der Waals surface area contributed by atoms with E-state index < -0.39 is 15.8 Å². The average Bonchev–Trinajstić information content (AvgIpc) is 2.23. The van der Waals surface area contributed by atoms with Crippen LogP contribution in [0.2, 0.25) is 0 Å². The summed E-state index contributed by atoms with van der Waals surface area (Å²) in [6.45, 7) is 0.319. The molecule has 0 heterocycles. The first-order valence-corrected chi connectivity index (χ1v) is 7.29. The lowest BCUT2D eigenvalue weighted by atomic mass is 9.85. The fourth-order valence-corrected chi connectivity index (χ4v) is 3.49. The maximum atomic E-state index is 13.3. The van der Waals surface area contributed by atoms with Crippen LogP contribution in [0.5, 0.6) is 0 Å². The Morgan fingerprint density at radius 1 is 1.35 bits per heavy atom. The number of halogens is 2. The lowest BCUT2D eigenvalue weighted by Gasteiger charge is -2.30. The highest BCUT2D eigenvalue weighted by molar-refractivity contribution is 7.89.